The summed E-state index contributed by atoms with van der Waals surface area (Å²) in [5, 5.41) is 9.19. The Labute approximate surface area is 111 Å². The minimum Gasteiger partial charge on any atom is -0.478 e. The summed E-state index contributed by atoms with van der Waals surface area (Å²) in [6.45, 7) is 7.41. The summed E-state index contributed by atoms with van der Waals surface area (Å²) in [6.07, 6.45) is 0. The topological polar surface area (TPSA) is 54.4 Å². The van der Waals surface area contributed by atoms with E-state index in [2.05, 4.69) is 0 Å². The van der Waals surface area contributed by atoms with Crippen LogP contribution in [-0.4, -0.2) is 22.6 Å². The molecular formula is C14H16O3S. The molecule has 0 aromatic heterocycles. The molecule has 0 fully saturated rings. The standard InChI is InChI=1S/C14H16O3S/c1-7-5-9(13(16)17)8(2)10-11(7)18-6-14(3,4)12(10)15/h5H,6H2,1-4H3,(H,16,17). The van der Waals surface area contributed by atoms with E-state index in [0.29, 0.717) is 11.1 Å². The molecule has 0 amide bonds. The maximum atomic E-state index is 12.5. The van der Waals surface area contributed by atoms with Gasteiger partial charge in [0.2, 0.25) is 0 Å². The third kappa shape index (κ3) is 1.85. The highest BCUT2D eigenvalue weighted by Crippen LogP contribution is 2.43. The van der Waals surface area contributed by atoms with Gasteiger partial charge in [0.05, 0.1) is 5.56 Å². The molecule has 1 aromatic rings. The molecule has 0 atom stereocenters. The van der Waals surface area contributed by atoms with Crippen LogP contribution in [0.15, 0.2) is 11.0 Å². The molecule has 2 rings (SSSR count). The predicted molar refractivity (Wildman–Crippen MR) is 71.7 cm³/mol. The Bertz CT molecular complexity index is 559. The number of ketones is 1. The second kappa shape index (κ2) is 4.12. The lowest BCUT2D eigenvalue weighted by Crippen LogP contribution is -2.32. The molecule has 0 aliphatic carbocycles. The predicted octanol–water partition coefficient (Wildman–Crippen LogP) is 3.32. The van der Waals surface area contributed by atoms with Crippen LogP contribution in [0.2, 0.25) is 0 Å². The normalized spacial score (nSPS) is 17.4. The van der Waals surface area contributed by atoms with Gasteiger partial charge in [-0.15, -0.1) is 11.8 Å². The van der Waals surface area contributed by atoms with Crippen molar-refractivity contribution in [3.05, 3.63) is 28.3 Å². The number of Topliss-reactive ketones (excluding diaryl/α,β-unsaturated/α-hetero) is 1. The largest absolute Gasteiger partial charge is 0.478 e. The second-order valence-electron chi connectivity index (χ2n) is 5.38. The summed E-state index contributed by atoms with van der Waals surface area (Å²) in [4.78, 5) is 24.6. The number of carboxylic acids is 1. The number of hydrogen-bond donors (Lipinski definition) is 1. The zero-order valence-electron chi connectivity index (χ0n) is 11.0. The highest BCUT2D eigenvalue weighted by atomic mass is 32.2. The van der Waals surface area contributed by atoms with Gasteiger partial charge in [0, 0.05) is 21.6 Å². The van der Waals surface area contributed by atoms with Gasteiger partial charge in [0.1, 0.15) is 0 Å². The molecule has 0 saturated heterocycles. The Balaban J connectivity index is 2.75. The lowest BCUT2D eigenvalue weighted by molar-refractivity contribution is 0.0696. The molecule has 1 N–H and O–H groups in total. The van der Waals surface area contributed by atoms with E-state index >= 15 is 0 Å². The van der Waals surface area contributed by atoms with Gasteiger partial charge in [-0.05, 0) is 31.0 Å². The third-order valence-corrected chi connectivity index (χ3v) is 5.06. The summed E-state index contributed by atoms with van der Waals surface area (Å²) in [7, 11) is 0. The molecule has 0 unspecified atom stereocenters. The molecule has 1 aliphatic rings. The molecule has 1 aromatic carbocycles. The number of carboxylic acid groups (broad SMARTS) is 1. The Morgan fingerprint density at radius 1 is 1.39 bits per heavy atom. The van der Waals surface area contributed by atoms with E-state index in [9.17, 15) is 14.7 Å². The molecule has 1 aliphatic heterocycles. The van der Waals surface area contributed by atoms with Gasteiger partial charge < -0.3 is 5.11 Å². The number of aromatic carboxylic acids is 1. The van der Waals surface area contributed by atoms with Gasteiger partial charge in [-0.25, -0.2) is 4.79 Å². The summed E-state index contributed by atoms with van der Waals surface area (Å²) in [6, 6.07) is 1.66. The third-order valence-electron chi connectivity index (χ3n) is 3.37. The average Bonchev–Trinajstić information content (AvgIpc) is 2.27. The van der Waals surface area contributed by atoms with Crippen molar-refractivity contribution in [1.29, 1.82) is 0 Å². The summed E-state index contributed by atoms with van der Waals surface area (Å²) in [5.41, 5.74) is 1.88. The van der Waals surface area contributed by atoms with Gasteiger partial charge in [0.25, 0.3) is 0 Å². The average molecular weight is 264 g/mol. The van der Waals surface area contributed by atoms with E-state index < -0.39 is 11.4 Å². The highest BCUT2D eigenvalue weighted by Gasteiger charge is 2.37. The second-order valence-corrected chi connectivity index (χ2v) is 6.36. The Morgan fingerprint density at radius 2 is 2.00 bits per heavy atom. The van der Waals surface area contributed by atoms with Gasteiger partial charge in [-0.2, -0.15) is 0 Å². The quantitative estimate of drug-likeness (QED) is 0.845. The molecule has 96 valence electrons. The number of hydrogen-bond acceptors (Lipinski definition) is 3. The van der Waals surface area contributed by atoms with Crippen molar-refractivity contribution in [2.75, 3.05) is 5.75 Å². The number of carbonyl (C=O) groups excluding carboxylic acids is 1. The van der Waals surface area contributed by atoms with E-state index in [0.717, 1.165) is 16.2 Å². The van der Waals surface area contributed by atoms with Crippen LogP contribution in [0.4, 0.5) is 0 Å². The number of benzene rings is 1. The molecule has 3 nitrogen and oxygen atoms in total. The van der Waals surface area contributed by atoms with Crippen LogP contribution in [0, 0.1) is 19.3 Å². The maximum absolute atomic E-state index is 12.5. The van der Waals surface area contributed by atoms with Gasteiger partial charge in [0.15, 0.2) is 5.78 Å². The number of aryl methyl sites for hydroxylation is 1. The zero-order valence-corrected chi connectivity index (χ0v) is 11.8. The summed E-state index contributed by atoms with van der Waals surface area (Å²) in [5.74, 6) is -0.176. The molecule has 18 heavy (non-hydrogen) atoms. The molecular weight excluding hydrogens is 248 g/mol. The molecule has 0 spiro atoms. The first-order valence-corrected chi connectivity index (χ1v) is 6.79. The Kier molecular flexibility index (Phi) is 3.01. The van der Waals surface area contributed by atoms with Gasteiger partial charge >= 0.3 is 5.97 Å². The van der Waals surface area contributed by atoms with Gasteiger partial charge in [-0.1, -0.05) is 13.8 Å². The monoisotopic (exact) mass is 264 g/mol. The fourth-order valence-corrected chi connectivity index (χ4v) is 3.54. The van der Waals surface area contributed by atoms with E-state index in [4.69, 9.17) is 0 Å². The van der Waals surface area contributed by atoms with Crippen LogP contribution in [0.1, 0.15) is 45.7 Å². The van der Waals surface area contributed by atoms with E-state index in [1.165, 1.54) is 0 Å². The van der Waals surface area contributed by atoms with Crippen LogP contribution in [0.25, 0.3) is 0 Å². The number of rotatable bonds is 1. The van der Waals surface area contributed by atoms with Crippen LogP contribution in [-0.2, 0) is 0 Å². The highest BCUT2D eigenvalue weighted by molar-refractivity contribution is 7.99. The van der Waals surface area contributed by atoms with Crippen molar-refractivity contribution >= 4 is 23.5 Å². The molecule has 1 heterocycles. The number of fused-ring (bicyclic) bond motifs is 1. The van der Waals surface area contributed by atoms with E-state index in [1.807, 2.05) is 20.8 Å². The molecule has 4 heteroatoms. The number of thioether (sulfide) groups is 1. The van der Waals surface area contributed by atoms with Crippen molar-refractivity contribution in [2.45, 2.75) is 32.6 Å². The van der Waals surface area contributed by atoms with Crippen LogP contribution in [0.5, 0.6) is 0 Å². The number of carbonyl (C=O) groups is 2. The first-order valence-electron chi connectivity index (χ1n) is 5.81. The lowest BCUT2D eigenvalue weighted by Gasteiger charge is -2.31. The lowest BCUT2D eigenvalue weighted by atomic mass is 9.82. The van der Waals surface area contributed by atoms with Crippen molar-refractivity contribution in [3.63, 3.8) is 0 Å². The first-order chi connectivity index (χ1) is 8.25. The molecule has 0 radical (unpaired) electrons. The first kappa shape index (κ1) is 13.1. The fraction of sp³-hybridized carbons (Fsp3) is 0.429. The molecule has 0 saturated carbocycles. The Morgan fingerprint density at radius 3 is 2.56 bits per heavy atom. The Hall–Kier alpha value is -1.29. The van der Waals surface area contributed by atoms with E-state index in [-0.39, 0.29) is 11.3 Å². The summed E-state index contributed by atoms with van der Waals surface area (Å²) < 4.78 is 0. The fourth-order valence-electron chi connectivity index (χ4n) is 2.23. The van der Waals surface area contributed by atoms with Crippen molar-refractivity contribution in [2.24, 2.45) is 5.41 Å². The van der Waals surface area contributed by atoms with Crippen LogP contribution >= 0.6 is 11.8 Å². The summed E-state index contributed by atoms with van der Waals surface area (Å²) >= 11 is 1.65. The van der Waals surface area contributed by atoms with E-state index in [1.54, 1.807) is 24.8 Å². The maximum Gasteiger partial charge on any atom is 0.335 e. The van der Waals surface area contributed by atoms with Gasteiger partial charge in [-0.3, -0.25) is 4.79 Å². The van der Waals surface area contributed by atoms with Crippen molar-refractivity contribution < 1.29 is 14.7 Å². The smallest absolute Gasteiger partial charge is 0.335 e. The minimum absolute atomic E-state index is 0.0555. The van der Waals surface area contributed by atoms with Crippen LogP contribution < -0.4 is 0 Å². The zero-order chi connectivity index (χ0) is 13.7. The molecule has 0 bridgehead atoms. The minimum atomic E-state index is -0.973. The van der Waals surface area contributed by atoms with Crippen molar-refractivity contribution in [3.8, 4) is 0 Å². The van der Waals surface area contributed by atoms with Crippen molar-refractivity contribution in [1.82, 2.24) is 0 Å². The van der Waals surface area contributed by atoms with Crippen LogP contribution in [0.3, 0.4) is 0 Å². The SMILES string of the molecule is Cc1cc(C(=O)O)c(C)c2c1SCC(C)(C)C2=O.